The van der Waals surface area contributed by atoms with Gasteiger partial charge in [-0.3, -0.25) is 0 Å². The molecule has 1 aliphatic heterocycles. The van der Waals surface area contributed by atoms with Gasteiger partial charge in [-0.2, -0.15) is 0 Å². The Labute approximate surface area is 167 Å². The molecule has 7 nitrogen and oxygen atoms in total. The van der Waals surface area contributed by atoms with Gasteiger partial charge in [-0.25, -0.2) is 9.59 Å². The van der Waals surface area contributed by atoms with E-state index >= 15 is 0 Å². The Kier molecular flexibility index (Phi) is 6.80. The Hall–Kier alpha value is -2.44. The summed E-state index contributed by atoms with van der Waals surface area (Å²) >= 11 is 0. The van der Waals surface area contributed by atoms with E-state index in [1.165, 1.54) is 0 Å². The lowest BCUT2D eigenvalue weighted by Crippen LogP contribution is -2.50. The molecule has 2 rings (SSSR count). The lowest BCUT2D eigenvalue weighted by Gasteiger charge is -2.37. The molecule has 156 valence electrons. The first-order valence-corrected chi connectivity index (χ1v) is 9.71. The Bertz CT molecular complexity index is 688. The van der Waals surface area contributed by atoms with Crippen LogP contribution in [0.25, 0.3) is 0 Å². The van der Waals surface area contributed by atoms with Gasteiger partial charge in [0, 0.05) is 26.2 Å². The average Bonchev–Trinajstić information content (AvgIpc) is 2.61. The van der Waals surface area contributed by atoms with Gasteiger partial charge in [0.2, 0.25) is 0 Å². The van der Waals surface area contributed by atoms with Crippen LogP contribution in [0.15, 0.2) is 24.3 Å². The largest absolute Gasteiger partial charge is 0.474 e. The van der Waals surface area contributed by atoms with Crippen LogP contribution in [-0.4, -0.2) is 61.0 Å². The number of anilines is 1. The molecule has 0 atom stereocenters. The summed E-state index contributed by atoms with van der Waals surface area (Å²) in [6, 6.07) is 7.60. The summed E-state index contributed by atoms with van der Waals surface area (Å²) in [4.78, 5) is 28.3. The molecule has 1 heterocycles. The lowest BCUT2D eigenvalue weighted by atomic mass is 10.1. The molecule has 1 aliphatic rings. The Morgan fingerprint density at radius 3 is 2.18 bits per heavy atom. The third kappa shape index (κ3) is 5.78. The molecule has 0 N–H and O–H groups in total. The second-order valence-corrected chi connectivity index (χ2v) is 8.26. The normalized spacial score (nSPS) is 15.2. The van der Waals surface area contributed by atoms with E-state index in [1.807, 2.05) is 45.0 Å². The number of esters is 1. The number of piperazine rings is 1. The molecule has 7 heteroatoms. The van der Waals surface area contributed by atoms with Crippen molar-refractivity contribution in [3.63, 3.8) is 0 Å². The predicted molar refractivity (Wildman–Crippen MR) is 108 cm³/mol. The summed E-state index contributed by atoms with van der Waals surface area (Å²) in [5.41, 5.74) is -0.707. The second-order valence-electron chi connectivity index (χ2n) is 8.26. The van der Waals surface area contributed by atoms with Gasteiger partial charge in [-0.05, 0) is 53.7 Å². The molecule has 1 saturated heterocycles. The van der Waals surface area contributed by atoms with Crippen LogP contribution in [0.4, 0.5) is 10.5 Å². The van der Waals surface area contributed by atoms with Crippen molar-refractivity contribution in [2.75, 3.05) is 37.7 Å². The molecule has 0 saturated carbocycles. The van der Waals surface area contributed by atoms with Crippen molar-refractivity contribution < 1.29 is 23.8 Å². The fourth-order valence-corrected chi connectivity index (χ4v) is 2.88. The van der Waals surface area contributed by atoms with Gasteiger partial charge < -0.3 is 24.0 Å². The van der Waals surface area contributed by atoms with Gasteiger partial charge in [-0.15, -0.1) is 0 Å². The monoisotopic (exact) mass is 392 g/mol. The number of hydrogen-bond acceptors (Lipinski definition) is 6. The predicted octanol–water partition coefficient (Wildman–Crippen LogP) is 3.46. The fourth-order valence-electron chi connectivity index (χ4n) is 2.88. The minimum absolute atomic E-state index is 0.292. The molecule has 1 aromatic rings. The van der Waals surface area contributed by atoms with Gasteiger partial charge in [0.25, 0.3) is 0 Å². The van der Waals surface area contributed by atoms with Crippen LogP contribution in [0, 0.1) is 0 Å². The maximum absolute atomic E-state index is 12.3. The second kappa shape index (κ2) is 8.71. The van der Waals surface area contributed by atoms with Gasteiger partial charge in [0.05, 0.1) is 12.3 Å². The molecule has 0 aromatic heterocycles. The zero-order valence-corrected chi connectivity index (χ0v) is 17.8. The number of carbonyl (C=O) groups excluding carboxylic acids is 2. The van der Waals surface area contributed by atoms with Crippen LogP contribution in [-0.2, 0) is 14.3 Å². The van der Waals surface area contributed by atoms with Crippen LogP contribution < -0.4 is 9.64 Å². The number of hydrogen-bond donors (Lipinski definition) is 0. The Balaban J connectivity index is 2.06. The summed E-state index contributed by atoms with van der Waals surface area (Å²) in [5.74, 6) is 0.214. The molecular weight excluding hydrogens is 360 g/mol. The molecule has 1 aromatic carbocycles. The summed E-state index contributed by atoms with van der Waals surface area (Å²) in [6.45, 7) is 13.5. The van der Waals surface area contributed by atoms with E-state index in [1.54, 1.807) is 25.7 Å². The van der Waals surface area contributed by atoms with Crippen molar-refractivity contribution >= 4 is 17.7 Å². The van der Waals surface area contributed by atoms with Crippen LogP contribution in [0.5, 0.6) is 5.75 Å². The van der Waals surface area contributed by atoms with E-state index in [2.05, 4.69) is 4.90 Å². The summed E-state index contributed by atoms with van der Waals surface area (Å²) in [6.07, 6.45) is -0.292. The first-order valence-electron chi connectivity index (χ1n) is 9.71. The molecule has 0 unspecified atom stereocenters. The van der Waals surface area contributed by atoms with Crippen molar-refractivity contribution in [3.05, 3.63) is 24.3 Å². The maximum Gasteiger partial charge on any atom is 0.410 e. The third-order valence-electron chi connectivity index (χ3n) is 4.27. The van der Waals surface area contributed by atoms with Crippen molar-refractivity contribution in [2.45, 2.75) is 52.7 Å². The van der Waals surface area contributed by atoms with Gasteiger partial charge in [0.15, 0.2) is 5.60 Å². The first kappa shape index (κ1) is 21.9. The van der Waals surface area contributed by atoms with Gasteiger partial charge >= 0.3 is 12.1 Å². The Morgan fingerprint density at radius 2 is 1.61 bits per heavy atom. The van der Waals surface area contributed by atoms with Crippen LogP contribution in [0.3, 0.4) is 0 Å². The van der Waals surface area contributed by atoms with Crippen molar-refractivity contribution in [2.24, 2.45) is 0 Å². The van der Waals surface area contributed by atoms with E-state index in [9.17, 15) is 9.59 Å². The molecule has 1 amide bonds. The minimum atomic E-state index is -1.09. The highest BCUT2D eigenvalue weighted by molar-refractivity contribution is 5.79. The zero-order valence-electron chi connectivity index (χ0n) is 17.8. The van der Waals surface area contributed by atoms with E-state index in [0.717, 1.165) is 5.69 Å². The van der Waals surface area contributed by atoms with Gasteiger partial charge in [-0.1, -0.05) is 12.1 Å². The van der Waals surface area contributed by atoms with E-state index in [4.69, 9.17) is 14.2 Å². The molecule has 1 fully saturated rings. The van der Waals surface area contributed by atoms with Crippen molar-refractivity contribution in [1.82, 2.24) is 4.90 Å². The molecular formula is C21H32N2O5. The molecule has 0 spiro atoms. The lowest BCUT2D eigenvalue weighted by molar-refractivity contribution is -0.158. The molecule has 0 bridgehead atoms. The zero-order chi connectivity index (χ0) is 20.9. The highest BCUT2D eigenvalue weighted by Crippen LogP contribution is 2.32. The SMILES string of the molecule is CCOC(=O)C(C)(C)Oc1ccccc1N1CCN(C(=O)OC(C)(C)C)CC1. The highest BCUT2D eigenvalue weighted by atomic mass is 16.6. The van der Waals surface area contributed by atoms with E-state index in [0.29, 0.717) is 38.5 Å². The smallest absolute Gasteiger partial charge is 0.410 e. The van der Waals surface area contributed by atoms with E-state index < -0.39 is 17.2 Å². The van der Waals surface area contributed by atoms with Crippen LogP contribution in [0.1, 0.15) is 41.5 Å². The number of rotatable bonds is 5. The Morgan fingerprint density at radius 1 is 1.00 bits per heavy atom. The number of ether oxygens (including phenoxy) is 3. The number of benzene rings is 1. The number of para-hydroxylation sites is 2. The number of nitrogens with zero attached hydrogens (tertiary/aromatic N) is 2. The molecule has 0 aliphatic carbocycles. The van der Waals surface area contributed by atoms with Gasteiger partial charge in [0.1, 0.15) is 11.4 Å². The quantitative estimate of drug-likeness (QED) is 0.715. The number of carbonyl (C=O) groups is 2. The fraction of sp³-hybridized carbons (Fsp3) is 0.619. The number of amides is 1. The van der Waals surface area contributed by atoms with Crippen molar-refractivity contribution in [3.8, 4) is 5.75 Å². The summed E-state index contributed by atoms with van der Waals surface area (Å²) in [7, 11) is 0. The van der Waals surface area contributed by atoms with Crippen LogP contribution >= 0.6 is 0 Å². The molecule has 28 heavy (non-hydrogen) atoms. The molecule has 0 radical (unpaired) electrons. The topological polar surface area (TPSA) is 68.3 Å². The third-order valence-corrected chi connectivity index (χ3v) is 4.27. The van der Waals surface area contributed by atoms with Crippen LogP contribution in [0.2, 0.25) is 0 Å². The van der Waals surface area contributed by atoms with E-state index in [-0.39, 0.29) is 6.09 Å². The highest BCUT2D eigenvalue weighted by Gasteiger charge is 2.33. The minimum Gasteiger partial charge on any atom is -0.474 e. The standard InChI is InChI=1S/C21H32N2O5/c1-7-26-18(24)21(5,6)27-17-11-9-8-10-16(17)22-12-14-23(15-13-22)19(25)28-20(2,3)4/h8-11H,7,12-15H2,1-6H3. The maximum atomic E-state index is 12.3. The first-order chi connectivity index (χ1) is 13.0. The summed E-state index contributed by atoms with van der Waals surface area (Å²) in [5, 5.41) is 0. The average molecular weight is 392 g/mol. The summed E-state index contributed by atoms with van der Waals surface area (Å²) < 4.78 is 16.6. The van der Waals surface area contributed by atoms with Crippen molar-refractivity contribution in [1.29, 1.82) is 0 Å².